The molecule has 1 rings (SSSR count). The zero-order valence-electron chi connectivity index (χ0n) is 7.63. The smallest absolute Gasteiger partial charge is 0.123 e. The second kappa shape index (κ2) is 4.94. The van der Waals surface area contributed by atoms with Gasteiger partial charge < -0.3 is 10.4 Å². The molecule has 0 aliphatic rings. The Morgan fingerprint density at radius 2 is 2.00 bits per heavy atom. The molecule has 72 valence electrons. The Morgan fingerprint density at radius 3 is 2.54 bits per heavy atom. The Labute approximate surface area is 77.4 Å². The molecule has 0 amide bonds. The topological polar surface area (TPSA) is 32.3 Å². The molecule has 0 radical (unpaired) electrons. The van der Waals surface area contributed by atoms with Crippen LogP contribution in [0.5, 0.6) is 0 Å². The quantitative estimate of drug-likeness (QED) is 0.740. The van der Waals surface area contributed by atoms with E-state index < -0.39 is 6.10 Å². The van der Waals surface area contributed by atoms with Crippen molar-refractivity contribution in [2.75, 3.05) is 13.6 Å². The van der Waals surface area contributed by atoms with Crippen LogP contribution in [0, 0.1) is 5.82 Å². The van der Waals surface area contributed by atoms with E-state index in [1.165, 1.54) is 12.1 Å². The highest BCUT2D eigenvalue weighted by Crippen LogP contribution is 2.15. The van der Waals surface area contributed by atoms with Gasteiger partial charge in [0.1, 0.15) is 5.82 Å². The maximum atomic E-state index is 12.5. The minimum absolute atomic E-state index is 0.274. The van der Waals surface area contributed by atoms with Gasteiger partial charge in [-0.25, -0.2) is 4.39 Å². The van der Waals surface area contributed by atoms with E-state index >= 15 is 0 Å². The molecule has 13 heavy (non-hydrogen) atoms. The lowest BCUT2D eigenvalue weighted by Gasteiger charge is -2.09. The lowest BCUT2D eigenvalue weighted by molar-refractivity contribution is 0.167. The van der Waals surface area contributed by atoms with Gasteiger partial charge in [0.05, 0.1) is 6.10 Å². The Kier molecular flexibility index (Phi) is 3.86. The summed E-state index contributed by atoms with van der Waals surface area (Å²) in [5.41, 5.74) is 0.761. The molecule has 0 saturated heterocycles. The van der Waals surface area contributed by atoms with E-state index in [1.54, 1.807) is 12.1 Å². The minimum Gasteiger partial charge on any atom is -0.388 e. The molecule has 0 aliphatic heterocycles. The molecule has 0 saturated carbocycles. The fourth-order valence-electron chi connectivity index (χ4n) is 1.13. The van der Waals surface area contributed by atoms with Gasteiger partial charge in [0, 0.05) is 0 Å². The predicted molar refractivity (Wildman–Crippen MR) is 49.9 cm³/mol. The van der Waals surface area contributed by atoms with Crippen molar-refractivity contribution >= 4 is 0 Å². The standard InChI is InChI=1S/C10H14FNO/c1-12-7-6-10(13)8-2-4-9(11)5-3-8/h2-5,10,12-13H,6-7H2,1H3/t10-/m0/s1. The van der Waals surface area contributed by atoms with E-state index in [0.717, 1.165) is 12.1 Å². The van der Waals surface area contributed by atoms with E-state index in [0.29, 0.717) is 6.42 Å². The summed E-state index contributed by atoms with van der Waals surface area (Å²) in [6.07, 6.45) is 0.135. The zero-order chi connectivity index (χ0) is 9.68. The molecule has 0 heterocycles. The molecule has 0 fully saturated rings. The monoisotopic (exact) mass is 183 g/mol. The number of halogens is 1. The molecule has 3 heteroatoms. The first-order chi connectivity index (χ1) is 6.24. The second-order valence-corrected chi connectivity index (χ2v) is 2.96. The number of aliphatic hydroxyl groups is 1. The van der Waals surface area contributed by atoms with Crippen molar-refractivity contribution < 1.29 is 9.50 Å². The van der Waals surface area contributed by atoms with Crippen LogP contribution in [0.15, 0.2) is 24.3 Å². The van der Waals surface area contributed by atoms with Crippen LogP contribution in [-0.4, -0.2) is 18.7 Å². The Morgan fingerprint density at radius 1 is 1.38 bits per heavy atom. The van der Waals surface area contributed by atoms with Crippen LogP contribution in [0.2, 0.25) is 0 Å². The molecule has 0 aliphatic carbocycles. The van der Waals surface area contributed by atoms with Gasteiger partial charge >= 0.3 is 0 Å². The van der Waals surface area contributed by atoms with Gasteiger partial charge in [-0.3, -0.25) is 0 Å². The van der Waals surface area contributed by atoms with Gasteiger partial charge in [-0.1, -0.05) is 12.1 Å². The number of rotatable bonds is 4. The third-order valence-corrected chi connectivity index (χ3v) is 1.92. The first-order valence-corrected chi connectivity index (χ1v) is 4.32. The highest BCUT2D eigenvalue weighted by Gasteiger charge is 2.05. The first kappa shape index (κ1) is 10.2. The Hall–Kier alpha value is -0.930. The maximum absolute atomic E-state index is 12.5. The van der Waals surface area contributed by atoms with Crippen molar-refractivity contribution in [1.82, 2.24) is 5.32 Å². The third-order valence-electron chi connectivity index (χ3n) is 1.92. The summed E-state index contributed by atoms with van der Waals surface area (Å²) in [5.74, 6) is -0.274. The fourth-order valence-corrected chi connectivity index (χ4v) is 1.13. The molecule has 0 bridgehead atoms. The van der Waals surface area contributed by atoms with Crippen LogP contribution in [0.3, 0.4) is 0 Å². The summed E-state index contributed by atoms with van der Waals surface area (Å²) in [4.78, 5) is 0. The summed E-state index contributed by atoms with van der Waals surface area (Å²) in [5, 5.41) is 12.5. The summed E-state index contributed by atoms with van der Waals surface area (Å²) in [7, 11) is 1.83. The van der Waals surface area contributed by atoms with Crippen LogP contribution in [-0.2, 0) is 0 Å². The second-order valence-electron chi connectivity index (χ2n) is 2.96. The van der Waals surface area contributed by atoms with Gasteiger partial charge in [0.25, 0.3) is 0 Å². The van der Waals surface area contributed by atoms with E-state index in [1.807, 2.05) is 7.05 Å². The largest absolute Gasteiger partial charge is 0.388 e. The summed E-state index contributed by atoms with van der Waals surface area (Å²) >= 11 is 0. The zero-order valence-corrected chi connectivity index (χ0v) is 7.63. The number of hydrogen-bond donors (Lipinski definition) is 2. The van der Waals surface area contributed by atoms with Crippen LogP contribution in [0.25, 0.3) is 0 Å². The SMILES string of the molecule is CNCC[C@H](O)c1ccc(F)cc1. The number of aliphatic hydroxyl groups excluding tert-OH is 1. The van der Waals surface area contributed by atoms with Gasteiger partial charge in [-0.15, -0.1) is 0 Å². The minimum atomic E-state index is -0.506. The fraction of sp³-hybridized carbons (Fsp3) is 0.400. The van der Waals surface area contributed by atoms with Gasteiger partial charge in [0.15, 0.2) is 0 Å². The van der Waals surface area contributed by atoms with Gasteiger partial charge in [-0.2, -0.15) is 0 Å². The molecule has 0 spiro atoms. The maximum Gasteiger partial charge on any atom is 0.123 e. The van der Waals surface area contributed by atoms with Gasteiger partial charge in [-0.05, 0) is 37.7 Å². The van der Waals surface area contributed by atoms with Crippen LogP contribution < -0.4 is 5.32 Å². The van der Waals surface area contributed by atoms with Crippen molar-refractivity contribution in [3.05, 3.63) is 35.6 Å². The van der Waals surface area contributed by atoms with Crippen molar-refractivity contribution in [2.24, 2.45) is 0 Å². The lowest BCUT2D eigenvalue weighted by Crippen LogP contribution is -2.11. The lowest BCUT2D eigenvalue weighted by atomic mass is 10.1. The highest BCUT2D eigenvalue weighted by atomic mass is 19.1. The van der Waals surface area contributed by atoms with E-state index in [9.17, 15) is 9.50 Å². The average Bonchev–Trinajstić information content (AvgIpc) is 2.15. The van der Waals surface area contributed by atoms with Crippen molar-refractivity contribution in [2.45, 2.75) is 12.5 Å². The molecular formula is C10H14FNO. The Balaban J connectivity index is 2.55. The molecule has 1 aromatic rings. The molecule has 1 aromatic carbocycles. The molecule has 0 aromatic heterocycles. The highest BCUT2D eigenvalue weighted by molar-refractivity contribution is 5.18. The summed E-state index contributed by atoms with van der Waals surface area (Å²) < 4.78 is 12.5. The average molecular weight is 183 g/mol. The third kappa shape index (κ3) is 3.13. The van der Waals surface area contributed by atoms with E-state index in [-0.39, 0.29) is 5.82 Å². The van der Waals surface area contributed by atoms with E-state index in [4.69, 9.17) is 0 Å². The van der Waals surface area contributed by atoms with Crippen molar-refractivity contribution in [3.63, 3.8) is 0 Å². The van der Waals surface area contributed by atoms with Crippen LogP contribution in [0.4, 0.5) is 4.39 Å². The predicted octanol–water partition coefficient (Wildman–Crippen LogP) is 1.47. The van der Waals surface area contributed by atoms with Crippen LogP contribution >= 0.6 is 0 Å². The molecule has 0 unspecified atom stereocenters. The van der Waals surface area contributed by atoms with Crippen LogP contribution in [0.1, 0.15) is 18.1 Å². The van der Waals surface area contributed by atoms with Gasteiger partial charge in [0.2, 0.25) is 0 Å². The van der Waals surface area contributed by atoms with Crippen molar-refractivity contribution in [3.8, 4) is 0 Å². The normalized spacial score (nSPS) is 12.8. The van der Waals surface area contributed by atoms with Crippen molar-refractivity contribution in [1.29, 1.82) is 0 Å². The number of benzene rings is 1. The summed E-state index contributed by atoms with van der Waals surface area (Å²) in [6, 6.07) is 5.93. The number of hydrogen-bond acceptors (Lipinski definition) is 2. The summed E-state index contributed by atoms with van der Waals surface area (Å²) in [6.45, 7) is 0.749. The Bertz CT molecular complexity index is 248. The first-order valence-electron chi connectivity index (χ1n) is 4.32. The molecule has 1 atom stereocenters. The van der Waals surface area contributed by atoms with E-state index in [2.05, 4.69) is 5.32 Å². The molecular weight excluding hydrogens is 169 g/mol. The number of nitrogens with one attached hydrogen (secondary N) is 1. The molecule has 2 N–H and O–H groups in total. The molecule has 2 nitrogen and oxygen atoms in total.